The number of anilines is 1. The van der Waals surface area contributed by atoms with Gasteiger partial charge in [-0.15, -0.1) is 0 Å². The van der Waals surface area contributed by atoms with Gasteiger partial charge in [0.1, 0.15) is 0 Å². The third-order valence-electron chi connectivity index (χ3n) is 7.47. The lowest BCUT2D eigenvalue weighted by Crippen LogP contribution is -2.51. The van der Waals surface area contributed by atoms with Gasteiger partial charge in [0.05, 0.1) is 10.6 Å². The van der Waals surface area contributed by atoms with E-state index >= 15 is 0 Å². The molecule has 2 aliphatic heterocycles. The zero-order valence-electron chi connectivity index (χ0n) is 20.9. The Labute approximate surface area is 218 Å². The van der Waals surface area contributed by atoms with Crippen molar-refractivity contribution >= 4 is 35.3 Å². The quantitative estimate of drug-likeness (QED) is 0.417. The van der Waals surface area contributed by atoms with Gasteiger partial charge in [0, 0.05) is 49.2 Å². The van der Waals surface area contributed by atoms with Crippen molar-refractivity contribution in [3.8, 4) is 0 Å². The van der Waals surface area contributed by atoms with Crippen molar-refractivity contribution in [2.24, 2.45) is 0 Å². The van der Waals surface area contributed by atoms with E-state index in [1.165, 1.54) is 57.0 Å². The van der Waals surface area contributed by atoms with Gasteiger partial charge in [-0.2, -0.15) is 0 Å². The Bertz CT molecular complexity index is 1090. The lowest BCUT2D eigenvalue weighted by molar-refractivity contribution is -0.112. The van der Waals surface area contributed by atoms with Crippen LogP contribution in [0.15, 0.2) is 58.3 Å². The van der Waals surface area contributed by atoms with Crippen LogP contribution in [0.25, 0.3) is 6.08 Å². The SMILES string of the molecule is O=C1Nc2cc(C(=O)NCCCN3CCN(C4CCCCC4)CC3)ccc2SC1=Cc1ccccc1. The second-order valence-corrected chi connectivity index (χ2v) is 11.0. The molecule has 6 nitrogen and oxygen atoms in total. The summed E-state index contributed by atoms with van der Waals surface area (Å²) < 4.78 is 0. The van der Waals surface area contributed by atoms with Crippen LogP contribution in [0.1, 0.15) is 54.4 Å². The number of carbonyl (C=O) groups is 2. The lowest BCUT2D eigenvalue weighted by atomic mass is 9.94. The van der Waals surface area contributed by atoms with Crippen molar-refractivity contribution < 1.29 is 9.59 Å². The van der Waals surface area contributed by atoms with Crippen LogP contribution >= 0.6 is 11.8 Å². The van der Waals surface area contributed by atoms with Gasteiger partial charge < -0.3 is 15.5 Å². The Morgan fingerprint density at radius 2 is 1.81 bits per heavy atom. The van der Waals surface area contributed by atoms with Gasteiger partial charge in [-0.05, 0) is 55.6 Å². The minimum atomic E-state index is -0.141. The van der Waals surface area contributed by atoms with Crippen LogP contribution in [0.2, 0.25) is 0 Å². The highest BCUT2D eigenvalue weighted by atomic mass is 32.2. The first kappa shape index (κ1) is 25.1. The Balaban J connectivity index is 1.06. The fraction of sp³-hybridized carbons (Fsp3) is 0.448. The lowest BCUT2D eigenvalue weighted by Gasteiger charge is -2.40. The number of piperazine rings is 1. The number of amides is 2. The van der Waals surface area contributed by atoms with Crippen LogP contribution in [-0.2, 0) is 4.79 Å². The maximum atomic E-state index is 12.7. The third-order valence-corrected chi connectivity index (χ3v) is 8.56. The molecule has 2 aromatic rings. The van der Waals surface area contributed by atoms with Crippen molar-refractivity contribution in [2.45, 2.75) is 49.5 Å². The highest BCUT2D eigenvalue weighted by Crippen LogP contribution is 2.39. The van der Waals surface area contributed by atoms with E-state index in [0.29, 0.717) is 22.7 Å². The molecular formula is C29H36N4O2S. The standard InChI is InChI=1S/C29H36N4O2S/c34-28(30-14-7-15-32-16-18-33(19-17-32)24-10-5-2-6-11-24)23-12-13-26-25(21-23)31-29(35)27(36-26)20-22-8-3-1-4-9-22/h1,3-4,8-9,12-13,20-21,24H,2,5-7,10-11,14-19H2,(H,30,34)(H,31,35). The van der Waals surface area contributed by atoms with Gasteiger partial charge >= 0.3 is 0 Å². The summed E-state index contributed by atoms with van der Waals surface area (Å²) in [5, 5.41) is 6.00. The number of fused-ring (bicyclic) bond motifs is 1. The second kappa shape index (κ2) is 12.1. The molecule has 2 fully saturated rings. The first-order chi connectivity index (χ1) is 17.7. The Hall–Kier alpha value is -2.61. The number of hydrogen-bond donors (Lipinski definition) is 2. The van der Waals surface area contributed by atoms with E-state index < -0.39 is 0 Å². The van der Waals surface area contributed by atoms with Gasteiger partial charge in [0.2, 0.25) is 0 Å². The molecular weight excluding hydrogens is 468 g/mol. The maximum Gasteiger partial charge on any atom is 0.262 e. The van der Waals surface area contributed by atoms with Gasteiger partial charge in [0.25, 0.3) is 11.8 Å². The second-order valence-electron chi connectivity index (χ2n) is 9.97. The molecule has 1 saturated heterocycles. The maximum absolute atomic E-state index is 12.7. The number of carbonyl (C=O) groups excluding carboxylic acids is 2. The zero-order chi connectivity index (χ0) is 24.7. The molecule has 5 rings (SSSR count). The molecule has 7 heteroatoms. The summed E-state index contributed by atoms with van der Waals surface area (Å²) in [6, 6.07) is 16.1. The third kappa shape index (κ3) is 6.38. The molecule has 3 aliphatic rings. The molecule has 2 heterocycles. The number of hydrogen-bond acceptors (Lipinski definition) is 5. The first-order valence-electron chi connectivity index (χ1n) is 13.3. The van der Waals surface area contributed by atoms with E-state index in [4.69, 9.17) is 0 Å². The fourth-order valence-electron chi connectivity index (χ4n) is 5.41. The van der Waals surface area contributed by atoms with Crippen molar-refractivity contribution in [1.29, 1.82) is 0 Å². The van der Waals surface area contributed by atoms with Gasteiger partial charge in [-0.25, -0.2) is 0 Å². The number of nitrogens with one attached hydrogen (secondary N) is 2. The highest BCUT2D eigenvalue weighted by Gasteiger charge is 2.25. The summed E-state index contributed by atoms with van der Waals surface area (Å²) in [7, 11) is 0. The summed E-state index contributed by atoms with van der Waals surface area (Å²) in [5.74, 6) is -0.234. The van der Waals surface area contributed by atoms with Gasteiger partial charge in [-0.1, -0.05) is 61.4 Å². The van der Waals surface area contributed by atoms with Crippen LogP contribution in [0.5, 0.6) is 0 Å². The van der Waals surface area contributed by atoms with Crippen molar-refractivity contribution in [3.63, 3.8) is 0 Å². The smallest absolute Gasteiger partial charge is 0.262 e. The summed E-state index contributed by atoms with van der Waals surface area (Å²) >= 11 is 1.44. The zero-order valence-corrected chi connectivity index (χ0v) is 21.7. The predicted octanol–water partition coefficient (Wildman–Crippen LogP) is 4.84. The molecule has 2 aromatic carbocycles. The van der Waals surface area contributed by atoms with E-state index in [2.05, 4.69) is 20.4 Å². The average molecular weight is 505 g/mol. The Morgan fingerprint density at radius 3 is 2.58 bits per heavy atom. The van der Waals surface area contributed by atoms with Crippen molar-refractivity contribution in [3.05, 3.63) is 64.6 Å². The monoisotopic (exact) mass is 504 g/mol. The topological polar surface area (TPSA) is 64.7 Å². The number of rotatable bonds is 7. The first-order valence-corrected chi connectivity index (χ1v) is 14.1. The normalized spacial score (nSPS) is 20.7. The molecule has 1 aliphatic carbocycles. The van der Waals surface area contributed by atoms with Crippen LogP contribution in [0, 0.1) is 0 Å². The van der Waals surface area contributed by atoms with Crippen LogP contribution in [-0.4, -0.2) is 66.9 Å². The fourth-order valence-corrected chi connectivity index (χ4v) is 6.34. The molecule has 0 unspecified atom stereocenters. The van der Waals surface area contributed by atoms with E-state index in [0.717, 1.165) is 42.6 Å². The van der Waals surface area contributed by atoms with Gasteiger partial charge in [-0.3, -0.25) is 14.5 Å². The molecule has 0 bridgehead atoms. The van der Waals surface area contributed by atoms with Crippen LogP contribution in [0.4, 0.5) is 5.69 Å². The van der Waals surface area contributed by atoms with E-state index in [1.807, 2.05) is 48.5 Å². The minimum Gasteiger partial charge on any atom is -0.352 e. The Morgan fingerprint density at radius 1 is 1.03 bits per heavy atom. The highest BCUT2D eigenvalue weighted by molar-refractivity contribution is 8.04. The molecule has 0 radical (unpaired) electrons. The van der Waals surface area contributed by atoms with Crippen molar-refractivity contribution in [2.75, 3.05) is 44.6 Å². The molecule has 2 N–H and O–H groups in total. The molecule has 0 aromatic heterocycles. The molecule has 190 valence electrons. The van der Waals surface area contributed by atoms with E-state index in [9.17, 15) is 9.59 Å². The molecule has 0 atom stereocenters. The number of thioether (sulfide) groups is 1. The molecule has 36 heavy (non-hydrogen) atoms. The van der Waals surface area contributed by atoms with Crippen LogP contribution < -0.4 is 10.6 Å². The number of nitrogens with zero attached hydrogens (tertiary/aromatic N) is 2. The minimum absolute atomic E-state index is 0.0928. The molecule has 0 spiro atoms. The van der Waals surface area contributed by atoms with Gasteiger partial charge in [0.15, 0.2) is 0 Å². The molecule has 2 amide bonds. The van der Waals surface area contributed by atoms with E-state index in [1.54, 1.807) is 6.07 Å². The average Bonchev–Trinajstić information content (AvgIpc) is 2.92. The Kier molecular flexibility index (Phi) is 8.41. The van der Waals surface area contributed by atoms with Crippen LogP contribution in [0.3, 0.4) is 0 Å². The molecule has 1 saturated carbocycles. The predicted molar refractivity (Wildman–Crippen MR) is 147 cm³/mol. The largest absolute Gasteiger partial charge is 0.352 e. The summed E-state index contributed by atoms with van der Waals surface area (Å²) in [6.45, 7) is 6.30. The summed E-state index contributed by atoms with van der Waals surface area (Å²) in [5.41, 5.74) is 2.26. The van der Waals surface area contributed by atoms with E-state index in [-0.39, 0.29) is 11.8 Å². The number of benzene rings is 2. The summed E-state index contributed by atoms with van der Waals surface area (Å²) in [6.07, 6.45) is 9.79. The van der Waals surface area contributed by atoms with Crippen molar-refractivity contribution in [1.82, 2.24) is 15.1 Å². The summed E-state index contributed by atoms with van der Waals surface area (Å²) in [4.78, 5) is 32.1.